The number of anilines is 1. The number of piperidine rings is 1. The van der Waals surface area contributed by atoms with Gasteiger partial charge in [0.05, 0.1) is 6.20 Å². The molecule has 0 unspecified atom stereocenters. The van der Waals surface area contributed by atoms with E-state index in [4.69, 9.17) is 4.98 Å². The summed E-state index contributed by atoms with van der Waals surface area (Å²) in [6, 6.07) is 0. The van der Waals surface area contributed by atoms with Gasteiger partial charge in [-0.25, -0.2) is 4.98 Å². The van der Waals surface area contributed by atoms with Crippen LogP contribution in [0.5, 0.6) is 0 Å². The second-order valence-electron chi connectivity index (χ2n) is 6.86. The van der Waals surface area contributed by atoms with Gasteiger partial charge in [0.1, 0.15) is 5.82 Å². The van der Waals surface area contributed by atoms with Crippen LogP contribution < -0.4 is 4.90 Å². The van der Waals surface area contributed by atoms with Crippen molar-refractivity contribution in [3.8, 4) is 0 Å². The number of hydrogen-bond donors (Lipinski definition) is 0. The van der Waals surface area contributed by atoms with Gasteiger partial charge in [-0.1, -0.05) is 20.8 Å². The van der Waals surface area contributed by atoms with Gasteiger partial charge in [0, 0.05) is 43.3 Å². The Bertz CT molecular complexity index is 602. The van der Waals surface area contributed by atoms with Crippen LogP contribution in [0.2, 0.25) is 0 Å². The monoisotopic (exact) mass is 305 g/mol. The van der Waals surface area contributed by atoms with Gasteiger partial charge >= 0.3 is 0 Å². The van der Waals surface area contributed by atoms with Gasteiger partial charge in [-0.2, -0.15) is 9.47 Å². The molecule has 0 N–H and O–H groups in total. The minimum atomic E-state index is 0.0305. The molecule has 1 fully saturated rings. The Kier molecular flexibility index (Phi) is 3.73. The summed E-state index contributed by atoms with van der Waals surface area (Å²) >= 11 is 1.53. The van der Waals surface area contributed by atoms with Crippen molar-refractivity contribution in [1.82, 2.24) is 19.1 Å². The van der Waals surface area contributed by atoms with E-state index in [1.54, 1.807) is 0 Å². The largest absolute Gasteiger partial charge is 0.347 e. The number of nitrogens with zero attached hydrogens (tertiary/aromatic N) is 5. The molecule has 2 aromatic rings. The van der Waals surface area contributed by atoms with Gasteiger partial charge < -0.3 is 4.90 Å². The van der Waals surface area contributed by atoms with Crippen LogP contribution in [0.4, 0.5) is 5.13 Å². The SMILES string of the molecule is Cn1cc(C2CCN(c3nc(C(C)(C)C)ns3)CC2)cn1. The van der Waals surface area contributed by atoms with E-state index in [2.05, 4.69) is 41.3 Å². The zero-order valence-electron chi connectivity index (χ0n) is 13.2. The molecule has 2 aromatic heterocycles. The first-order valence-corrected chi connectivity index (χ1v) is 8.28. The lowest BCUT2D eigenvalue weighted by Gasteiger charge is -2.31. The second kappa shape index (κ2) is 5.40. The standard InChI is InChI=1S/C15H23N5S/c1-15(2,3)13-17-14(21-18-13)20-7-5-11(6-8-20)12-9-16-19(4)10-12/h9-11H,5-8H2,1-4H3. The maximum absolute atomic E-state index is 4.72. The summed E-state index contributed by atoms with van der Waals surface area (Å²) in [5.74, 6) is 1.59. The van der Waals surface area contributed by atoms with Crippen molar-refractivity contribution in [2.45, 2.75) is 44.9 Å². The van der Waals surface area contributed by atoms with Crippen molar-refractivity contribution in [3.05, 3.63) is 23.8 Å². The quantitative estimate of drug-likeness (QED) is 0.856. The molecule has 3 rings (SSSR count). The molecule has 0 bridgehead atoms. The first-order chi connectivity index (χ1) is 9.93. The lowest BCUT2D eigenvalue weighted by atomic mass is 9.92. The van der Waals surface area contributed by atoms with Crippen LogP contribution in [0.3, 0.4) is 0 Å². The normalized spacial score (nSPS) is 17.4. The van der Waals surface area contributed by atoms with Crippen molar-refractivity contribution in [2.75, 3.05) is 18.0 Å². The third kappa shape index (κ3) is 3.10. The molecular formula is C15H23N5S. The molecule has 0 radical (unpaired) electrons. The maximum atomic E-state index is 4.72. The molecule has 0 aliphatic carbocycles. The van der Waals surface area contributed by atoms with E-state index >= 15 is 0 Å². The van der Waals surface area contributed by atoms with Crippen LogP contribution in [-0.2, 0) is 12.5 Å². The van der Waals surface area contributed by atoms with Crippen LogP contribution in [0.25, 0.3) is 0 Å². The molecule has 6 heteroatoms. The Balaban J connectivity index is 1.64. The third-order valence-electron chi connectivity index (χ3n) is 4.05. The highest BCUT2D eigenvalue weighted by molar-refractivity contribution is 7.09. The number of aryl methyl sites for hydroxylation is 1. The second-order valence-corrected chi connectivity index (χ2v) is 7.59. The number of hydrogen-bond acceptors (Lipinski definition) is 5. The van der Waals surface area contributed by atoms with Crippen LogP contribution >= 0.6 is 11.5 Å². The predicted octanol–water partition coefficient (Wildman–Crippen LogP) is 2.95. The summed E-state index contributed by atoms with van der Waals surface area (Å²) in [6.07, 6.45) is 6.47. The van der Waals surface area contributed by atoms with E-state index in [1.165, 1.54) is 17.1 Å². The van der Waals surface area contributed by atoms with Crippen molar-refractivity contribution >= 4 is 16.7 Å². The summed E-state index contributed by atoms with van der Waals surface area (Å²) in [5, 5.41) is 5.36. The van der Waals surface area contributed by atoms with Gasteiger partial charge in [-0.15, -0.1) is 0 Å². The fourth-order valence-corrected chi connectivity index (χ4v) is 3.61. The average molecular weight is 305 g/mol. The Morgan fingerprint density at radius 3 is 2.48 bits per heavy atom. The maximum Gasteiger partial charge on any atom is 0.205 e. The van der Waals surface area contributed by atoms with E-state index in [0.29, 0.717) is 5.92 Å². The Morgan fingerprint density at radius 1 is 1.24 bits per heavy atom. The molecule has 5 nitrogen and oxygen atoms in total. The number of aromatic nitrogens is 4. The molecule has 3 heterocycles. The number of rotatable bonds is 2. The lowest BCUT2D eigenvalue weighted by Crippen LogP contribution is -2.32. The summed E-state index contributed by atoms with van der Waals surface area (Å²) in [5.41, 5.74) is 1.40. The van der Waals surface area contributed by atoms with Crippen LogP contribution in [0.1, 0.15) is 50.9 Å². The Labute approximate surface area is 130 Å². The highest BCUT2D eigenvalue weighted by atomic mass is 32.1. The summed E-state index contributed by atoms with van der Waals surface area (Å²) in [7, 11) is 1.98. The molecule has 1 aliphatic rings. The minimum Gasteiger partial charge on any atom is -0.347 e. The molecule has 0 spiro atoms. The van der Waals surface area contributed by atoms with E-state index in [0.717, 1.165) is 36.9 Å². The minimum absolute atomic E-state index is 0.0305. The fourth-order valence-electron chi connectivity index (χ4n) is 2.70. The zero-order valence-corrected chi connectivity index (χ0v) is 14.0. The van der Waals surface area contributed by atoms with Gasteiger partial charge in [-0.05, 0) is 24.3 Å². The third-order valence-corrected chi connectivity index (χ3v) is 4.82. The molecule has 0 aromatic carbocycles. The molecule has 0 saturated carbocycles. The summed E-state index contributed by atoms with van der Waals surface area (Å²) in [6.45, 7) is 8.59. The zero-order chi connectivity index (χ0) is 15.0. The molecule has 1 saturated heterocycles. The summed E-state index contributed by atoms with van der Waals surface area (Å²) < 4.78 is 6.41. The van der Waals surface area contributed by atoms with E-state index in [1.807, 2.05) is 17.9 Å². The van der Waals surface area contributed by atoms with Gasteiger partial charge in [0.25, 0.3) is 0 Å². The van der Waals surface area contributed by atoms with Crippen LogP contribution in [0, 0.1) is 0 Å². The van der Waals surface area contributed by atoms with Crippen LogP contribution in [0.15, 0.2) is 12.4 Å². The van der Waals surface area contributed by atoms with E-state index in [9.17, 15) is 0 Å². The Hall–Kier alpha value is -1.43. The smallest absolute Gasteiger partial charge is 0.205 e. The highest BCUT2D eigenvalue weighted by Gasteiger charge is 2.26. The van der Waals surface area contributed by atoms with Gasteiger partial charge in [0.15, 0.2) is 0 Å². The fraction of sp³-hybridized carbons (Fsp3) is 0.667. The molecular weight excluding hydrogens is 282 g/mol. The van der Waals surface area contributed by atoms with Crippen molar-refractivity contribution in [2.24, 2.45) is 7.05 Å². The molecule has 114 valence electrons. The average Bonchev–Trinajstić information content (AvgIpc) is 3.07. The first kappa shape index (κ1) is 14.5. The molecule has 0 amide bonds. The summed E-state index contributed by atoms with van der Waals surface area (Å²) in [4.78, 5) is 7.10. The van der Waals surface area contributed by atoms with Crippen molar-refractivity contribution in [3.63, 3.8) is 0 Å². The predicted molar refractivity (Wildman–Crippen MR) is 86.0 cm³/mol. The first-order valence-electron chi connectivity index (χ1n) is 7.51. The Morgan fingerprint density at radius 2 is 1.95 bits per heavy atom. The topological polar surface area (TPSA) is 46.8 Å². The molecule has 1 aliphatic heterocycles. The molecule has 0 atom stereocenters. The van der Waals surface area contributed by atoms with Gasteiger partial charge in [0.2, 0.25) is 5.13 Å². The lowest BCUT2D eigenvalue weighted by molar-refractivity contribution is 0.502. The van der Waals surface area contributed by atoms with Crippen molar-refractivity contribution in [1.29, 1.82) is 0 Å². The van der Waals surface area contributed by atoms with Crippen LogP contribution in [-0.4, -0.2) is 32.2 Å². The van der Waals surface area contributed by atoms with Gasteiger partial charge in [-0.3, -0.25) is 4.68 Å². The van der Waals surface area contributed by atoms with Crippen molar-refractivity contribution < 1.29 is 0 Å². The highest BCUT2D eigenvalue weighted by Crippen LogP contribution is 2.32. The van der Waals surface area contributed by atoms with E-state index < -0.39 is 0 Å². The molecule has 21 heavy (non-hydrogen) atoms. The van der Waals surface area contributed by atoms with E-state index in [-0.39, 0.29) is 5.41 Å².